The average Bonchev–Trinajstić information content (AvgIpc) is 2.99. The molecule has 0 aliphatic rings. The molecule has 3 heterocycles. The zero-order valence-electron chi connectivity index (χ0n) is 10.1. The van der Waals surface area contributed by atoms with Crippen molar-refractivity contribution in [2.75, 3.05) is 5.32 Å². The van der Waals surface area contributed by atoms with Crippen LogP contribution in [0.5, 0.6) is 0 Å². The fourth-order valence-electron chi connectivity index (χ4n) is 1.98. The van der Waals surface area contributed by atoms with Gasteiger partial charge in [0, 0.05) is 24.9 Å². The van der Waals surface area contributed by atoms with Gasteiger partial charge in [0.1, 0.15) is 11.3 Å². The van der Waals surface area contributed by atoms with Crippen LogP contribution in [-0.2, 0) is 6.42 Å². The van der Waals surface area contributed by atoms with Gasteiger partial charge in [-0.1, -0.05) is 0 Å². The second kappa shape index (κ2) is 4.52. The maximum Gasteiger partial charge on any atom is 0.152 e. The van der Waals surface area contributed by atoms with E-state index in [1.165, 1.54) is 0 Å². The van der Waals surface area contributed by atoms with E-state index < -0.39 is 0 Å². The van der Waals surface area contributed by atoms with Crippen LogP contribution >= 0.6 is 0 Å². The molecule has 0 aromatic carbocycles. The van der Waals surface area contributed by atoms with E-state index in [0.717, 1.165) is 23.5 Å². The first kappa shape index (κ1) is 10.8. The predicted octanol–water partition coefficient (Wildman–Crippen LogP) is 2.37. The standard InChI is InChI=1S/C13H14N4O/c1-10(9-11-3-2-8-18-11)16-13-12-4-5-15-17(12)7-6-14-13/h2-8,10H,9H2,1H3,(H,14,16). The molecule has 0 radical (unpaired) electrons. The van der Waals surface area contributed by atoms with Crippen LogP contribution in [0.3, 0.4) is 0 Å². The molecule has 5 nitrogen and oxygen atoms in total. The molecule has 5 heteroatoms. The number of anilines is 1. The van der Waals surface area contributed by atoms with Crippen molar-refractivity contribution in [2.45, 2.75) is 19.4 Å². The molecule has 18 heavy (non-hydrogen) atoms. The Morgan fingerprint density at radius 3 is 3.17 bits per heavy atom. The van der Waals surface area contributed by atoms with Gasteiger partial charge in [0.15, 0.2) is 5.82 Å². The van der Waals surface area contributed by atoms with Gasteiger partial charge in [-0.05, 0) is 25.1 Å². The molecule has 3 aromatic heterocycles. The molecule has 0 aliphatic carbocycles. The van der Waals surface area contributed by atoms with E-state index in [-0.39, 0.29) is 6.04 Å². The predicted molar refractivity (Wildman–Crippen MR) is 68.5 cm³/mol. The second-order valence-corrected chi connectivity index (χ2v) is 4.27. The second-order valence-electron chi connectivity index (χ2n) is 4.27. The zero-order valence-corrected chi connectivity index (χ0v) is 10.1. The summed E-state index contributed by atoms with van der Waals surface area (Å²) in [4.78, 5) is 4.35. The first-order valence-corrected chi connectivity index (χ1v) is 5.90. The Morgan fingerprint density at radius 1 is 1.39 bits per heavy atom. The largest absolute Gasteiger partial charge is 0.469 e. The number of aromatic nitrogens is 3. The summed E-state index contributed by atoms with van der Waals surface area (Å²) in [5.41, 5.74) is 0.976. The summed E-state index contributed by atoms with van der Waals surface area (Å²) in [5, 5.41) is 7.56. The summed E-state index contributed by atoms with van der Waals surface area (Å²) in [6.07, 6.45) is 7.85. The van der Waals surface area contributed by atoms with Gasteiger partial charge < -0.3 is 9.73 Å². The smallest absolute Gasteiger partial charge is 0.152 e. The van der Waals surface area contributed by atoms with Gasteiger partial charge in [0.2, 0.25) is 0 Å². The lowest BCUT2D eigenvalue weighted by Crippen LogP contribution is -2.19. The Labute approximate surface area is 104 Å². The summed E-state index contributed by atoms with van der Waals surface area (Å²) in [5.74, 6) is 1.81. The van der Waals surface area contributed by atoms with Crippen molar-refractivity contribution in [3.63, 3.8) is 0 Å². The minimum absolute atomic E-state index is 0.241. The number of furan rings is 1. The van der Waals surface area contributed by atoms with Crippen molar-refractivity contribution in [3.05, 3.63) is 48.8 Å². The lowest BCUT2D eigenvalue weighted by atomic mass is 10.2. The van der Waals surface area contributed by atoms with Crippen LogP contribution in [0.2, 0.25) is 0 Å². The van der Waals surface area contributed by atoms with Gasteiger partial charge in [-0.3, -0.25) is 0 Å². The van der Waals surface area contributed by atoms with E-state index in [0.29, 0.717) is 0 Å². The van der Waals surface area contributed by atoms with Gasteiger partial charge in [-0.2, -0.15) is 5.10 Å². The quantitative estimate of drug-likeness (QED) is 0.763. The van der Waals surface area contributed by atoms with Crippen LogP contribution < -0.4 is 5.32 Å². The van der Waals surface area contributed by atoms with Gasteiger partial charge in [0.25, 0.3) is 0 Å². The molecule has 0 saturated heterocycles. The van der Waals surface area contributed by atoms with Gasteiger partial charge in [-0.25, -0.2) is 9.50 Å². The molecule has 92 valence electrons. The van der Waals surface area contributed by atoms with Gasteiger partial charge >= 0.3 is 0 Å². The van der Waals surface area contributed by atoms with Crippen LogP contribution in [0.4, 0.5) is 5.82 Å². The van der Waals surface area contributed by atoms with Gasteiger partial charge in [-0.15, -0.1) is 0 Å². The Kier molecular flexibility index (Phi) is 2.72. The highest BCUT2D eigenvalue weighted by Gasteiger charge is 2.09. The number of fused-ring (bicyclic) bond motifs is 1. The third-order valence-electron chi connectivity index (χ3n) is 2.80. The highest BCUT2D eigenvalue weighted by molar-refractivity contribution is 5.67. The number of nitrogens with one attached hydrogen (secondary N) is 1. The Hall–Kier alpha value is -2.30. The van der Waals surface area contributed by atoms with Crippen LogP contribution in [0.1, 0.15) is 12.7 Å². The Morgan fingerprint density at radius 2 is 2.33 bits per heavy atom. The maximum atomic E-state index is 5.34. The fourth-order valence-corrected chi connectivity index (χ4v) is 1.98. The highest BCUT2D eigenvalue weighted by Crippen LogP contribution is 2.15. The van der Waals surface area contributed by atoms with Crippen LogP contribution in [0.15, 0.2) is 47.5 Å². The van der Waals surface area contributed by atoms with E-state index >= 15 is 0 Å². The molecule has 1 N–H and O–H groups in total. The summed E-state index contributed by atoms with van der Waals surface area (Å²) in [6, 6.07) is 6.06. The fraction of sp³-hybridized carbons (Fsp3) is 0.231. The van der Waals surface area contributed by atoms with Crippen LogP contribution in [-0.4, -0.2) is 20.6 Å². The lowest BCUT2D eigenvalue weighted by molar-refractivity contribution is 0.497. The van der Waals surface area contributed by atoms with Crippen molar-refractivity contribution in [1.29, 1.82) is 0 Å². The first-order valence-electron chi connectivity index (χ1n) is 5.90. The van der Waals surface area contributed by atoms with Crippen LogP contribution in [0.25, 0.3) is 5.52 Å². The Balaban J connectivity index is 1.77. The zero-order chi connectivity index (χ0) is 12.4. The van der Waals surface area contributed by atoms with Crippen molar-refractivity contribution in [3.8, 4) is 0 Å². The SMILES string of the molecule is CC(Cc1ccco1)Nc1nccn2nccc12. The molecule has 0 fully saturated rings. The third-order valence-corrected chi connectivity index (χ3v) is 2.80. The van der Waals surface area contributed by atoms with Crippen molar-refractivity contribution >= 4 is 11.3 Å². The number of hydrogen-bond acceptors (Lipinski definition) is 4. The van der Waals surface area contributed by atoms with E-state index in [2.05, 4.69) is 22.3 Å². The van der Waals surface area contributed by atoms with Crippen molar-refractivity contribution in [1.82, 2.24) is 14.6 Å². The molecule has 1 unspecified atom stereocenters. The first-order chi connectivity index (χ1) is 8.83. The lowest BCUT2D eigenvalue weighted by Gasteiger charge is -2.13. The van der Waals surface area contributed by atoms with Crippen LogP contribution in [0, 0.1) is 0 Å². The minimum atomic E-state index is 0.241. The summed E-state index contributed by atoms with van der Waals surface area (Å²) < 4.78 is 7.14. The molecular weight excluding hydrogens is 228 g/mol. The molecule has 0 aliphatic heterocycles. The highest BCUT2D eigenvalue weighted by atomic mass is 16.3. The molecule has 0 bridgehead atoms. The van der Waals surface area contributed by atoms with Gasteiger partial charge in [0.05, 0.1) is 12.5 Å². The normalized spacial score (nSPS) is 12.7. The van der Waals surface area contributed by atoms with E-state index in [9.17, 15) is 0 Å². The summed E-state index contributed by atoms with van der Waals surface area (Å²) in [6.45, 7) is 2.10. The minimum Gasteiger partial charge on any atom is -0.469 e. The molecule has 0 amide bonds. The van der Waals surface area contributed by atoms with E-state index in [4.69, 9.17) is 4.42 Å². The molecule has 1 atom stereocenters. The number of nitrogens with zero attached hydrogens (tertiary/aromatic N) is 3. The van der Waals surface area contributed by atoms with E-state index in [1.807, 2.05) is 24.4 Å². The number of rotatable bonds is 4. The number of hydrogen-bond donors (Lipinski definition) is 1. The molecule has 3 aromatic rings. The summed E-state index contributed by atoms with van der Waals surface area (Å²) in [7, 11) is 0. The molecular formula is C13H14N4O. The van der Waals surface area contributed by atoms with E-state index in [1.54, 1.807) is 23.2 Å². The Bertz CT molecular complexity index is 629. The molecule has 0 saturated carbocycles. The molecule has 3 rings (SSSR count). The van der Waals surface area contributed by atoms with Crippen molar-refractivity contribution < 1.29 is 4.42 Å². The average molecular weight is 242 g/mol. The summed E-state index contributed by atoms with van der Waals surface area (Å²) >= 11 is 0. The topological polar surface area (TPSA) is 55.4 Å². The van der Waals surface area contributed by atoms with Crippen molar-refractivity contribution in [2.24, 2.45) is 0 Å². The maximum absolute atomic E-state index is 5.34. The molecule has 0 spiro atoms. The third kappa shape index (κ3) is 2.07. The monoisotopic (exact) mass is 242 g/mol.